The number of Topliss-reactive ketones (excluding diaryl/α,β-unsaturated/α-hetero) is 1. The van der Waals surface area contributed by atoms with Crippen LogP contribution in [0.4, 0.5) is 0 Å². The van der Waals surface area contributed by atoms with Gasteiger partial charge in [-0.25, -0.2) is 0 Å². The van der Waals surface area contributed by atoms with Crippen LogP contribution in [-0.4, -0.2) is 19.5 Å². The number of carbonyl (C=O) groups excluding carboxylic acids is 1. The van der Waals surface area contributed by atoms with Crippen LogP contribution in [0.15, 0.2) is 22.7 Å². The fourth-order valence-electron chi connectivity index (χ4n) is 1.09. The number of methoxy groups -OCH3 is 1. The van der Waals surface area contributed by atoms with Crippen molar-refractivity contribution in [3.8, 4) is 0 Å². The Balaban J connectivity index is 2.72. The van der Waals surface area contributed by atoms with Gasteiger partial charge in [0.25, 0.3) is 0 Å². The van der Waals surface area contributed by atoms with Gasteiger partial charge >= 0.3 is 0 Å². The molecule has 76 valence electrons. The lowest BCUT2D eigenvalue weighted by molar-refractivity contribution is -0.121. The summed E-state index contributed by atoms with van der Waals surface area (Å²) >= 11 is 9.25. The molecule has 14 heavy (non-hydrogen) atoms. The molecule has 0 spiro atoms. The van der Waals surface area contributed by atoms with Gasteiger partial charge in [-0.05, 0) is 17.7 Å². The van der Waals surface area contributed by atoms with E-state index in [4.69, 9.17) is 16.3 Å². The maximum Gasteiger partial charge on any atom is 0.162 e. The summed E-state index contributed by atoms with van der Waals surface area (Å²) in [5.74, 6) is 0.0247. The lowest BCUT2D eigenvalue weighted by Crippen LogP contribution is -2.09. The van der Waals surface area contributed by atoms with Gasteiger partial charge in [0, 0.05) is 23.0 Å². The van der Waals surface area contributed by atoms with E-state index in [0.29, 0.717) is 11.4 Å². The third kappa shape index (κ3) is 3.40. The Morgan fingerprint density at radius 3 is 2.86 bits per heavy atom. The first kappa shape index (κ1) is 11.7. The van der Waals surface area contributed by atoms with Gasteiger partial charge in [0.2, 0.25) is 0 Å². The molecule has 1 rings (SSSR count). The normalized spacial score (nSPS) is 10.2. The van der Waals surface area contributed by atoms with Crippen LogP contribution in [-0.2, 0) is 16.0 Å². The summed E-state index contributed by atoms with van der Waals surface area (Å²) in [4.78, 5) is 11.3. The van der Waals surface area contributed by atoms with E-state index in [1.165, 1.54) is 7.11 Å². The number of ketones is 1. The zero-order valence-corrected chi connectivity index (χ0v) is 10.1. The molecule has 0 amide bonds. The molecule has 0 unspecified atom stereocenters. The second kappa shape index (κ2) is 5.49. The van der Waals surface area contributed by atoms with Crippen molar-refractivity contribution >= 4 is 33.3 Å². The number of carbonyl (C=O) groups is 1. The van der Waals surface area contributed by atoms with Gasteiger partial charge in [0.1, 0.15) is 6.61 Å². The predicted octanol–water partition coefficient (Wildman–Crippen LogP) is 2.86. The van der Waals surface area contributed by atoms with Crippen LogP contribution in [0, 0.1) is 0 Å². The number of halogens is 2. The van der Waals surface area contributed by atoms with E-state index in [2.05, 4.69) is 15.9 Å². The van der Waals surface area contributed by atoms with Gasteiger partial charge in [0.05, 0.1) is 0 Å². The largest absolute Gasteiger partial charge is 0.377 e. The van der Waals surface area contributed by atoms with Crippen LogP contribution in [0.2, 0.25) is 5.02 Å². The maximum atomic E-state index is 11.3. The topological polar surface area (TPSA) is 26.3 Å². The molecule has 1 aromatic carbocycles. The minimum atomic E-state index is 0.0247. The number of hydrogen-bond donors (Lipinski definition) is 0. The van der Waals surface area contributed by atoms with E-state index >= 15 is 0 Å². The summed E-state index contributed by atoms with van der Waals surface area (Å²) in [7, 11) is 1.50. The Morgan fingerprint density at radius 2 is 2.29 bits per heavy atom. The summed E-state index contributed by atoms with van der Waals surface area (Å²) in [6.45, 7) is 0.131. The Labute approximate surface area is 96.3 Å². The van der Waals surface area contributed by atoms with E-state index in [1.807, 2.05) is 12.1 Å². The highest BCUT2D eigenvalue weighted by Crippen LogP contribution is 2.21. The predicted molar refractivity (Wildman–Crippen MR) is 59.7 cm³/mol. The third-order valence-corrected chi connectivity index (χ3v) is 2.55. The molecule has 1 aromatic rings. The van der Waals surface area contributed by atoms with Gasteiger partial charge in [-0.3, -0.25) is 4.79 Å². The van der Waals surface area contributed by atoms with Crippen molar-refractivity contribution in [2.75, 3.05) is 13.7 Å². The number of benzene rings is 1. The van der Waals surface area contributed by atoms with Crippen molar-refractivity contribution in [3.05, 3.63) is 33.3 Å². The molecule has 0 fully saturated rings. The van der Waals surface area contributed by atoms with Crippen molar-refractivity contribution in [2.45, 2.75) is 6.42 Å². The molecular formula is C10H10BrClO2. The molecule has 0 radical (unpaired) electrons. The summed E-state index contributed by atoms with van der Waals surface area (Å²) < 4.78 is 5.65. The van der Waals surface area contributed by atoms with Gasteiger partial charge in [0.15, 0.2) is 5.78 Å². The van der Waals surface area contributed by atoms with Crippen LogP contribution in [0.1, 0.15) is 5.56 Å². The van der Waals surface area contributed by atoms with Gasteiger partial charge in [-0.2, -0.15) is 0 Å². The Morgan fingerprint density at radius 1 is 1.57 bits per heavy atom. The SMILES string of the molecule is COCC(=O)Cc1ccc(Br)cc1Cl. The first-order valence-corrected chi connectivity index (χ1v) is 5.25. The zero-order chi connectivity index (χ0) is 10.6. The first-order chi connectivity index (χ1) is 6.63. The van der Waals surface area contributed by atoms with Crippen molar-refractivity contribution in [1.82, 2.24) is 0 Å². The molecule has 0 saturated heterocycles. The van der Waals surface area contributed by atoms with E-state index < -0.39 is 0 Å². The zero-order valence-electron chi connectivity index (χ0n) is 7.72. The molecule has 2 nitrogen and oxygen atoms in total. The second-order valence-electron chi connectivity index (χ2n) is 2.88. The van der Waals surface area contributed by atoms with Gasteiger partial charge < -0.3 is 4.74 Å². The molecular weight excluding hydrogens is 267 g/mol. The average molecular weight is 278 g/mol. The minimum Gasteiger partial charge on any atom is -0.377 e. The van der Waals surface area contributed by atoms with E-state index in [-0.39, 0.29) is 12.4 Å². The third-order valence-electron chi connectivity index (χ3n) is 1.71. The average Bonchev–Trinajstić information content (AvgIpc) is 2.10. The number of rotatable bonds is 4. The van der Waals surface area contributed by atoms with Crippen molar-refractivity contribution in [2.24, 2.45) is 0 Å². The highest BCUT2D eigenvalue weighted by atomic mass is 79.9. The van der Waals surface area contributed by atoms with Gasteiger partial charge in [-0.1, -0.05) is 33.6 Å². The Bertz CT molecular complexity index is 339. The summed E-state index contributed by atoms with van der Waals surface area (Å²) in [6.07, 6.45) is 0.319. The minimum absolute atomic E-state index is 0.0247. The highest BCUT2D eigenvalue weighted by molar-refractivity contribution is 9.10. The van der Waals surface area contributed by atoms with Crippen LogP contribution in [0.5, 0.6) is 0 Å². The van der Waals surface area contributed by atoms with Crippen LogP contribution < -0.4 is 0 Å². The Kier molecular flexibility index (Phi) is 4.58. The van der Waals surface area contributed by atoms with Crippen LogP contribution >= 0.6 is 27.5 Å². The second-order valence-corrected chi connectivity index (χ2v) is 4.21. The van der Waals surface area contributed by atoms with Crippen LogP contribution in [0.3, 0.4) is 0 Å². The summed E-state index contributed by atoms with van der Waals surface area (Å²) in [6, 6.07) is 5.47. The number of hydrogen-bond acceptors (Lipinski definition) is 2. The first-order valence-electron chi connectivity index (χ1n) is 4.08. The molecule has 0 aliphatic heterocycles. The molecule has 0 heterocycles. The maximum absolute atomic E-state index is 11.3. The van der Waals surface area contributed by atoms with Crippen molar-refractivity contribution in [3.63, 3.8) is 0 Å². The lowest BCUT2D eigenvalue weighted by atomic mass is 10.1. The highest BCUT2D eigenvalue weighted by Gasteiger charge is 2.06. The molecule has 0 saturated carbocycles. The van der Waals surface area contributed by atoms with E-state index in [0.717, 1.165) is 10.0 Å². The quantitative estimate of drug-likeness (QED) is 0.846. The molecule has 0 aromatic heterocycles. The number of ether oxygens (including phenoxy) is 1. The summed E-state index contributed by atoms with van der Waals surface area (Å²) in [5.41, 5.74) is 0.830. The monoisotopic (exact) mass is 276 g/mol. The smallest absolute Gasteiger partial charge is 0.162 e. The standard InChI is InChI=1S/C10H10BrClO2/c1-14-6-9(13)4-7-2-3-8(11)5-10(7)12/h2-3,5H,4,6H2,1H3. The molecule has 0 aliphatic carbocycles. The molecule has 0 aliphatic rings. The van der Waals surface area contributed by atoms with E-state index in [9.17, 15) is 4.79 Å². The Hall–Kier alpha value is -0.380. The fraction of sp³-hybridized carbons (Fsp3) is 0.300. The van der Waals surface area contributed by atoms with Gasteiger partial charge in [-0.15, -0.1) is 0 Å². The molecule has 4 heteroatoms. The summed E-state index contributed by atoms with van der Waals surface area (Å²) in [5, 5.41) is 0.601. The molecule has 0 N–H and O–H groups in total. The van der Waals surface area contributed by atoms with Crippen molar-refractivity contribution in [1.29, 1.82) is 0 Å². The fourth-order valence-corrected chi connectivity index (χ4v) is 1.83. The van der Waals surface area contributed by atoms with Crippen molar-refractivity contribution < 1.29 is 9.53 Å². The lowest BCUT2D eigenvalue weighted by Gasteiger charge is -2.03. The van der Waals surface area contributed by atoms with E-state index in [1.54, 1.807) is 6.07 Å². The van der Waals surface area contributed by atoms with Crippen LogP contribution in [0.25, 0.3) is 0 Å². The molecule has 0 atom stereocenters. The molecule has 0 bridgehead atoms.